The summed E-state index contributed by atoms with van der Waals surface area (Å²) in [6, 6.07) is 29.6. The van der Waals surface area contributed by atoms with Gasteiger partial charge in [0, 0.05) is 6.92 Å². The third kappa shape index (κ3) is 2.51. The molecule has 0 aliphatic heterocycles. The summed E-state index contributed by atoms with van der Waals surface area (Å²) in [5.74, 6) is 1.19. The fourth-order valence-corrected chi connectivity index (χ4v) is 3.10. The molecule has 0 unspecified atom stereocenters. The fourth-order valence-electron chi connectivity index (χ4n) is 3.10. The van der Waals surface area contributed by atoms with Gasteiger partial charge in [-0.1, -0.05) is 48.5 Å². The number of nitrogens with zero attached hydrogens (tertiary/aromatic N) is 2. The Balaban J connectivity index is 0.00000156. The highest BCUT2D eigenvalue weighted by Gasteiger charge is 2.23. The van der Waals surface area contributed by atoms with Crippen molar-refractivity contribution in [2.45, 2.75) is 6.92 Å². The van der Waals surface area contributed by atoms with E-state index in [-0.39, 0.29) is 12.4 Å². The fraction of sp³-hybridized carbons (Fsp3) is 0.0500. The minimum atomic E-state index is 0. The summed E-state index contributed by atoms with van der Waals surface area (Å²) < 4.78 is 4.62. The molecule has 0 N–H and O–H groups in total. The van der Waals surface area contributed by atoms with Crippen LogP contribution in [0.2, 0.25) is 0 Å². The SMILES string of the molecule is Cc1n(-c2ccccc2)c2ccccc2[n+]1-c1ccccc1.[Cl-]. The number of halogens is 1. The first-order valence-corrected chi connectivity index (χ1v) is 7.49. The molecule has 0 bridgehead atoms. The van der Waals surface area contributed by atoms with Crippen LogP contribution in [0, 0.1) is 6.92 Å². The van der Waals surface area contributed by atoms with Gasteiger partial charge in [0.15, 0.2) is 11.0 Å². The van der Waals surface area contributed by atoms with E-state index < -0.39 is 0 Å². The van der Waals surface area contributed by atoms with Crippen LogP contribution in [-0.2, 0) is 0 Å². The van der Waals surface area contributed by atoms with Gasteiger partial charge in [-0.3, -0.25) is 0 Å². The summed E-state index contributed by atoms with van der Waals surface area (Å²) in [4.78, 5) is 0. The Morgan fingerprint density at radius 3 is 1.96 bits per heavy atom. The molecule has 1 aromatic heterocycles. The van der Waals surface area contributed by atoms with Gasteiger partial charge in [0.05, 0.1) is 0 Å². The maximum Gasteiger partial charge on any atom is 0.264 e. The van der Waals surface area contributed by atoms with Crippen molar-refractivity contribution >= 4 is 11.0 Å². The molecule has 0 aliphatic carbocycles. The van der Waals surface area contributed by atoms with Gasteiger partial charge in [-0.2, -0.15) is 9.13 Å². The third-order valence-electron chi connectivity index (χ3n) is 4.04. The van der Waals surface area contributed by atoms with Gasteiger partial charge in [0.1, 0.15) is 11.4 Å². The lowest BCUT2D eigenvalue weighted by Crippen LogP contribution is -3.00. The normalized spacial score (nSPS) is 10.5. The number of hydrogen-bond acceptors (Lipinski definition) is 0. The van der Waals surface area contributed by atoms with Crippen molar-refractivity contribution in [1.29, 1.82) is 0 Å². The molecule has 3 aromatic carbocycles. The highest BCUT2D eigenvalue weighted by Crippen LogP contribution is 2.21. The molecule has 0 atom stereocenters. The first-order chi connectivity index (χ1) is 10.9. The smallest absolute Gasteiger partial charge is 0.264 e. The Morgan fingerprint density at radius 1 is 0.696 bits per heavy atom. The molecule has 1 heterocycles. The largest absolute Gasteiger partial charge is 1.00 e. The quantitative estimate of drug-likeness (QED) is 0.491. The molecule has 4 aromatic rings. The molecule has 0 spiro atoms. The Morgan fingerprint density at radius 2 is 1.26 bits per heavy atom. The molecule has 0 radical (unpaired) electrons. The first kappa shape index (κ1) is 15.3. The highest BCUT2D eigenvalue weighted by molar-refractivity contribution is 5.75. The zero-order valence-corrected chi connectivity index (χ0v) is 13.6. The van der Waals surface area contributed by atoms with E-state index in [0.29, 0.717) is 0 Å². The van der Waals surface area contributed by atoms with Gasteiger partial charge in [-0.05, 0) is 36.4 Å². The number of para-hydroxylation sites is 4. The number of aromatic nitrogens is 2. The number of fused-ring (bicyclic) bond motifs is 1. The van der Waals surface area contributed by atoms with Gasteiger partial charge in [0.25, 0.3) is 5.82 Å². The minimum Gasteiger partial charge on any atom is -1.00 e. The number of rotatable bonds is 2. The molecule has 3 heteroatoms. The number of hydrogen-bond donors (Lipinski definition) is 0. The average molecular weight is 321 g/mol. The van der Waals surface area contributed by atoms with Gasteiger partial charge < -0.3 is 12.4 Å². The van der Waals surface area contributed by atoms with Crippen LogP contribution in [0.5, 0.6) is 0 Å². The van der Waals surface area contributed by atoms with E-state index in [1.54, 1.807) is 0 Å². The van der Waals surface area contributed by atoms with Crippen LogP contribution in [0.4, 0.5) is 0 Å². The summed E-state index contributed by atoms with van der Waals surface area (Å²) in [5, 5.41) is 0. The van der Waals surface area contributed by atoms with E-state index in [9.17, 15) is 0 Å². The topological polar surface area (TPSA) is 8.81 Å². The molecular formula is C20H17ClN2. The Labute approximate surface area is 142 Å². The zero-order valence-electron chi connectivity index (χ0n) is 12.9. The van der Waals surface area contributed by atoms with Crippen molar-refractivity contribution in [1.82, 2.24) is 4.57 Å². The highest BCUT2D eigenvalue weighted by atomic mass is 35.5. The van der Waals surface area contributed by atoms with Crippen LogP contribution in [0.25, 0.3) is 22.4 Å². The average Bonchev–Trinajstić information content (AvgIpc) is 2.88. The Bertz CT molecular complexity index is 851. The van der Waals surface area contributed by atoms with Crippen LogP contribution in [0.1, 0.15) is 5.82 Å². The molecule has 114 valence electrons. The Kier molecular flexibility index (Phi) is 4.18. The predicted molar refractivity (Wildman–Crippen MR) is 89.5 cm³/mol. The summed E-state index contributed by atoms with van der Waals surface area (Å²) in [7, 11) is 0. The van der Waals surface area contributed by atoms with Crippen LogP contribution in [0.3, 0.4) is 0 Å². The van der Waals surface area contributed by atoms with Crippen molar-refractivity contribution < 1.29 is 17.0 Å². The summed E-state index contributed by atoms with van der Waals surface area (Å²) >= 11 is 0. The first-order valence-electron chi connectivity index (χ1n) is 7.49. The predicted octanol–water partition coefficient (Wildman–Crippen LogP) is 1.22. The molecular weight excluding hydrogens is 304 g/mol. The van der Waals surface area contributed by atoms with E-state index >= 15 is 0 Å². The van der Waals surface area contributed by atoms with Crippen molar-refractivity contribution in [3.63, 3.8) is 0 Å². The van der Waals surface area contributed by atoms with Gasteiger partial charge >= 0.3 is 0 Å². The van der Waals surface area contributed by atoms with E-state index in [1.165, 1.54) is 28.2 Å². The minimum absolute atomic E-state index is 0. The van der Waals surface area contributed by atoms with Crippen LogP contribution >= 0.6 is 0 Å². The summed E-state index contributed by atoms with van der Waals surface area (Å²) in [6.07, 6.45) is 0. The van der Waals surface area contributed by atoms with Crippen molar-refractivity contribution in [2.75, 3.05) is 0 Å². The monoisotopic (exact) mass is 320 g/mol. The molecule has 4 rings (SSSR count). The molecule has 0 aliphatic rings. The van der Waals surface area contributed by atoms with Crippen molar-refractivity contribution in [2.24, 2.45) is 0 Å². The van der Waals surface area contributed by atoms with Gasteiger partial charge in [-0.15, -0.1) is 0 Å². The maximum absolute atomic E-state index is 2.31. The third-order valence-corrected chi connectivity index (χ3v) is 4.04. The lowest BCUT2D eigenvalue weighted by molar-refractivity contribution is -0.575. The van der Waals surface area contributed by atoms with Gasteiger partial charge in [0.2, 0.25) is 0 Å². The van der Waals surface area contributed by atoms with E-state index in [0.717, 1.165) is 0 Å². The maximum atomic E-state index is 2.31. The molecule has 23 heavy (non-hydrogen) atoms. The van der Waals surface area contributed by atoms with Crippen LogP contribution in [-0.4, -0.2) is 4.57 Å². The van der Waals surface area contributed by atoms with E-state index in [2.05, 4.69) is 101 Å². The van der Waals surface area contributed by atoms with Gasteiger partial charge in [-0.25, -0.2) is 0 Å². The molecule has 0 saturated carbocycles. The van der Waals surface area contributed by atoms with Crippen LogP contribution in [0.15, 0.2) is 84.9 Å². The van der Waals surface area contributed by atoms with E-state index in [1.807, 2.05) is 0 Å². The second-order valence-electron chi connectivity index (χ2n) is 5.38. The standard InChI is InChI=1S/C20H17N2.ClH/c1-16-21(17-10-4-2-5-11-17)19-14-8-9-15-20(19)22(16)18-12-6-3-7-13-18;/h2-15H,1H3;1H/q+1;/p-1. The lowest BCUT2D eigenvalue weighted by Gasteiger charge is -2.01. The molecule has 2 nitrogen and oxygen atoms in total. The molecule has 0 saturated heterocycles. The Hall–Kier alpha value is -2.58. The van der Waals surface area contributed by atoms with Crippen molar-refractivity contribution in [3.05, 3.63) is 90.8 Å². The second kappa shape index (κ2) is 6.27. The molecule has 0 amide bonds. The lowest BCUT2D eigenvalue weighted by atomic mass is 10.2. The summed E-state index contributed by atoms with van der Waals surface area (Å²) in [5.41, 5.74) is 4.81. The zero-order chi connectivity index (χ0) is 14.9. The number of benzene rings is 3. The van der Waals surface area contributed by atoms with Crippen molar-refractivity contribution in [3.8, 4) is 11.4 Å². The summed E-state index contributed by atoms with van der Waals surface area (Å²) in [6.45, 7) is 2.17. The van der Waals surface area contributed by atoms with E-state index in [4.69, 9.17) is 0 Å². The number of imidazole rings is 1. The molecule has 0 fully saturated rings. The second-order valence-corrected chi connectivity index (χ2v) is 5.38. The van der Waals surface area contributed by atoms with Crippen LogP contribution < -0.4 is 17.0 Å².